The molecule has 0 aromatic rings. The Kier molecular flexibility index (Phi) is 4.07. The molecular formula is C9H16O4S. The fourth-order valence-electron chi connectivity index (χ4n) is 1.48. The van der Waals surface area contributed by atoms with E-state index in [-0.39, 0.29) is 23.9 Å². The Balaban J connectivity index is 2.34. The Morgan fingerprint density at radius 3 is 2.71 bits per heavy atom. The van der Waals surface area contributed by atoms with Crippen molar-refractivity contribution in [3.63, 3.8) is 0 Å². The number of carbonyl (C=O) groups excluding carboxylic acids is 1. The van der Waals surface area contributed by atoms with Crippen LogP contribution in [0.1, 0.15) is 19.3 Å². The minimum Gasteiger partial charge on any atom is -0.381 e. The second kappa shape index (κ2) is 4.89. The van der Waals surface area contributed by atoms with E-state index in [1.54, 1.807) is 0 Å². The minimum atomic E-state index is -3.02. The Morgan fingerprint density at radius 1 is 1.50 bits per heavy atom. The first-order valence-electron chi connectivity index (χ1n) is 4.77. The van der Waals surface area contributed by atoms with Gasteiger partial charge in [0.2, 0.25) is 0 Å². The van der Waals surface area contributed by atoms with Gasteiger partial charge in [-0.3, -0.25) is 4.79 Å². The van der Waals surface area contributed by atoms with Gasteiger partial charge in [-0.2, -0.15) is 0 Å². The van der Waals surface area contributed by atoms with Crippen molar-refractivity contribution in [2.75, 3.05) is 25.2 Å². The molecule has 1 aliphatic rings. The number of hydrogen-bond acceptors (Lipinski definition) is 4. The van der Waals surface area contributed by atoms with E-state index in [1.807, 2.05) is 0 Å². The van der Waals surface area contributed by atoms with Crippen LogP contribution in [0, 0.1) is 5.92 Å². The first-order chi connectivity index (χ1) is 6.49. The molecule has 0 amide bonds. The van der Waals surface area contributed by atoms with E-state index in [2.05, 4.69) is 0 Å². The molecule has 1 heterocycles. The average Bonchev–Trinajstić information content (AvgIpc) is 2.14. The second-order valence-electron chi connectivity index (χ2n) is 3.76. The van der Waals surface area contributed by atoms with Gasteiger partial charge in [0.1, 0.15) is 15.6 Å². The molecule has 82 valence electrons. The lowest BCUT2D eigenvalue weighted by Crippen LogP contribution is -2.26. The third-order valence-electron chi connectivity index (χ3n) is 2.33. The molecule has 0 bridgehead atoms. The first-order valence-corrected chi connectivity index (χ1v) is 6.83. The smallest absolute Gasteiger partial charge is 0.147 e. The van der Waals surface area contributed by atoms with Crippen molar-refractivity contribution in [2.24, 2.45) is 5.92 Å². The highest BCUT2D eigenvalue weighted by Crippen LogP contribution is 2.16. The highest BCUT2D eigenvalue weighted by Gasteiger charge is 2.22. The van der Waals surface area contributed by atoms with Crippen molar-refractivity contribution < 1.29 is 17.9 Å². The molecule has 0 aliphatic carbocycles. The van der Waals surface area contributed by atoms with E-state index in [0.29, 0.717) is 6.61 Å². The molecule has 0 aromatic carbocycles. The van der Waals surface area contributed by atoms with Gasteiger partial charge in [0, 0.05) is 25.2 Å². The Hall–Kier alpha value is -0.420. The summed E-state index contributed by atoms with van der Waals surface area (Å²) in [5.74, 6) is -0.0943. The predicted molar refractivity (Wildman–Crippen MR) is 52.9 cm³/mol. The van der Waals surface area contributed by atoms with Crippen LogP contribution >= 0.6 is 0 Å². The molecular weight excluding hydrogens is 204 g/mol. The lowest BCUT2D eigenvalue weighted by atomic mass is 9.96. The van der Waals surface area contributed by atoms with Crippen LogP contribution in [0.4, 0.5) is 0 Å². The monoisotopic (exact) mass is 220 g/mol. The van der Waals surface area contributed by atoms with Gasteiger partial charge < -0.3 is 4.74 Å². The summed E-state index contributed by atoms with van der Waals surface area (Å²) in [6.45, 7) is 1.18. The van der Waals surface area contributed by atoms with Crippen molar-refractivity contribution in [2.45, 2.75) is 19.3 Å². The molecule has 1 rings (SSSR count). The molecule has 1 aliphatic heterocycles. The van der Waals surface area contributed by atoms with Crippen molar-refractivity contribution >= 4 is 15.6 Å². The Labute approximate surface area is 84.6 Å². The molecule has 0 N–H and O–H groups in total. The third kappa shape index (κ3) is 4.19. The van der Waals surface area contributed by atoms with E-state index in [4.69, 9.17) is 4.74 Å². The van der Waals surface area contributed by atoms with Crippen LogP contribution in [0.15, 0.2) is 0 Å². The zero-order valence-corrected chi connectivity index (χ0v) is 9.18. The SMILES string of the molecule is CS(=O)(=O)CCC(=O)C1CCCOC1. The van der Waals surface area contributed by atoms with Crippen molar-refractivity contribution in [3.8, 4) is 0 Å². The first kappa shape index (κ1) is 11.7. The Morgan fingerprint density at radius 2 is 2.21 bits per heavy atom. The van der Waals surface area contributed by atoms with Gasteiger partial charge in [0.25, 0.3) is 0 Å². The van der Waals surface area contributed by atoms with Gasteiger partial charge in [0.15, 0.2) is 0 Å². The molecule has 14 heavy (non-hydrogen) atoms. The normalized spacial score (nSPS) is 23.4. The molecule has 0 radical (unpaired) electrons. The summed E-state index contributed by atoms with van der Waals surface area (Å²) in [4.78, 5) is 11.5. The van der Waals surface area contributed by atoms with Crippen molar-refractivity contribution in [3.05, 3.63) is 0 Å². The van der Waals surface area contributed by atoms with Crippen LogP contribution in [0.25, 0.3) is 0 Å². The quantitative estimate of drug-likeness (QED) is 0.688. The van der Waals surface area contributed by atoms with Crippen LogP contribution < -0.4 is 0 Å². The maximum Gasteiger partial charge on any atom is 0.147 e. The zero-order chi connectivity index (χ0) is 10.6. The largest absolute Gasteiger partial charge is 0.381 e. The number of rotatable bonds is 4. The van der Waals surface area contributed by atoms with E-state index in [0.717, 1.165) is 25.7 Å². The molecule has 5 heteroatoms. The summed E-state index contributed by atoms with van der Waals surface area (Å²) in [5, 5.41) is 0. The lowest BCUT2D eigenvalue weighted by molar-refractivity contribution is -0.126. The predicted octanol–water partition coefficient (Wildman–Crippen LogP) is 0.417. The van der Waals surface area contributed by atoms with Crippen LogP contribution in [-0.2, 0) is 19.4 Å². The van der Waals surface area contributed by atoms with Crippen LogP contribution in [0.3, 0.4) is 0 Å². The second-order valence-corrected chi connectivity index (χ2v) is 6.02. The van der Waals surface area contributed by atoms with E-state index < -0.39 is 9.84 Å². The van der Waals surface area contributed by atoms with Crippen LogP contribution in [0.2, 0.25) is 0 Å². The average molecular weight is 220 g/mol. The fourth-order valence-corrected chi connectivity index (χ4v) is 2.06. The summed E-state index contributed by atoms with van der Waals surface area (Å²) in [7, 11) is -3.02. The molecule has 1 fully saturated rings. The number of hydrogen-bond donors (Lipinski definition) is 0. The van der Waals surface area contributed by atoms with Gasteiger partial charge in [0.05, 0.1) is 12.4 Å². The zero-order valence-electron chi connectivity index (χ0n) is 8.36. The summed E-state index contributed by atoms with van der Waals surface area (Å²) >= 11 is 0. The summed E-state index contributed by atoms with van der Waals surface area (Å²) in [6.07, 6.45) is 3.02. The van der Waals surface area contributed by atoms with Crippen LogP contribution in [-0.4, -0.2) is 39.4 Å². The summed E-state index contributed by atoms with van der Waals surface area (Å²) in [6, 6.07) is 0. The fraction of sp³-hybridized carbons (Fsp3) is 0.889. The van der Waals surface area contributed by atoms with Gasteiger partial charge in [-0.05, 0) is 12.8 Å². The maximum absolute atomic E-state index is 11.5. The number of carbonyl (C=O) groups is 1. The molecule has 1 unspecified atom stereocenters. The number of ether oxygens (including phenoxy) is 1. The number of sulfone groups is 1. The van der Waals surface area contributed by atoms with Gasteiger partial charge in [-0.1, -0.05) is 0 Å². The van der Waals surface area contributed by atoms with Crippen molar-refractivity contribution in [1.82, 2.24) is 0 Å². The van der Waals surface area contributed by atoms with Gasteiger partial charge in [-0.15, -0.1) is 0 Å². The molecule has 0 spiro atoms. The molecule has 0 saturated carbocycles. The van der Waals surface area contributed by atoms with E-state index in [1.165, 1.54) is 0 Å². The molecule has 1 saturated heterocycles. The highest BCUT2D eigenvalue weighted by molar-refractivity contribution is 7.90. The number of Topliss-reactive ketones (excluding diaryl/α,β-unsaturated/α-hetero) is 1. The van der Waals surface area contributed by atoms with E-state index >= 15 is 0 Å². The summed E-state index contributed by atoms with van der Waals surface area (Å²) < 4.78 is 26.8. The minimum absolute atomic E-state index is 0.0233. The van der Waals surface area contributed by atoms with E-state index in [9.17, 15) is 13.2 Å². The topological polar surface area (TPSA) is 60.4 Å². The molecule has 4 nitrogen and oxygen atoms in total. The highest BCUT2D eigenvalue weighted by atomic mass is 32.2. The Bertz CT molecular complexity index is 288. The maximum atomic E-state index is 11.5. The lowest BCUT2D eigenvalue weighted by Gasteiger charge is -2.20. The molecule has 0 aromatic heterocycles. The van der Waals surface area contributed by atoms with Crippen LogP contribution in [0.5, 0.6) is 0 Å². The third-order valence-corrected chi connectivity index (χ3v) is 3.28. The van der Waals surface area contributed by atoms with Gasteiger partial charge in [-0.25, -0.2) is 8.42 Å². The van der Waals surface area contributed by atoms with Crippen molar-refractivity contribution in [1.29, 1.82) is 0 Å². The van der Waals surface area contributed by atoms with Gasteiger partial charge >= 0.3 is 0 Å². The standard InChI is InChI=1S/C9H16O4S/c1-14(11,12)6-4-9(10)8-3-2-5-13-7-8/h8H,2-7H2,1H3. The summed E-state index contributed by atoms with van der Waals surface area (Å²) in [5.41, 5.74) is 0. The number of ketones is 1. The molecule has 1 atom stereocenters.